The number of rotatable bonds is 11. The molecular weight excluding hydrogens is 441 g/mol. The highest BCUT2D eigenvalue weighted by atomic mass is 35.5. The van der Waals surface area contributed by atoms with Crippen LogP contribution in [0.2, 0.25) is 10.0 Å². The maximum absolute atomic E-state index is 12.1. The molecule has 0 radical (unpaired) electrons. The molecule has 166 valence electrons. The van der Waals surface area contributed by atoms with Crippen molar-refractivity contribution >= 4 is 41.2 Å². The topological polar surface area (TPSA) is 89.0 Å². The van der Waals surface area contributed by atoms with Crippen LogP contribution in [0.15, 0.2) is 41.5 Å². The number of nitrogens with one attached hydrogen (secondary N) is 2. The minimum Gasteiger partial charge on any atom is -0.493 e. The van der Waals surface area contributed by atoms with Crippen LogP contribution in [-0.2, 0) is 4.79 Å². The van der Waals surface area contributed by atoms with Crippen LogP contribution in [0.25, 0.3) is 0 Å². The van der Waals surface area contributed by atoms with E-state index in [-0.39, 0.29) is 24.8 Å². The third kappa shape index (κ3) is 8.11. The lowest BCUT2D eigenvalue weighted by molar-refractivity contribution is -0.120. The number of nitrogens with zero attached hydrogens (tertiary/aromatic N) is 1. The number of methoxy groups -OCH3 is 1. The molecule has 0 aromatic heterocycles. The van der Waals surface area contributed by atoms with E-state index in [4.69, 9.17) is 32.7 Å². The van der Waals surface area contributed by atoms with Gasteiger partial charge in [-0.15, -0.1) is 0 Å². The SMILES string of the molecule is CCCCOc1ccc(C=NNC(=O)CCNC(=O)c2ccc(Cl)c(Cl)c2)cc1OC. The Morgan fingerprint density at radius 2 is 1.90 bits per heavy atom. The number of carbonyl (C=O) groups is 2. The summed E-state index contributed by atoms with van der Waals surface area (Å²) in [5, 5.41) is 7.23. The Kier molecular flexibility index (Phi) is 10.1. The molecule has 2 N–H and O–H groups in total. The summed E-state index contributed by atoms with van der Waals surface area (Å²) in [6, 6.07) is 9.96. The van der Waals surface area contributed by atoms with Crippen LogP contribution >= 0.6 is 23.2 Å². The van der Waals surface area contributed by atoms with Crippen LogP contribution in [0.5, 0.6) is 11.5 Å². The second kappa shape index (κ2) is 12.8. The minimum atomic E-state index is -0.344. The zero-order valence-electron chi connectivity index (χ0n) is 17.4. The van der Waals surface area contributed by atoms with Gasteiger partial charge in [0.25, 0.3) is 5.91 Å². The van der Waals surface area contributed by atoms with Gasteiger partial charge in [0.1, 0.15) is 0 Å². The fourth-order valence-electron chi connectivity index (χ4n) is 2.47. The van der Waals surface area contributed by atoms with Crippen molar-refractivity contribution in [2.75, 3.05) is 20.3 Å². The molecule has 0 saturated heterocycles. The first-order chi connectivity index (χ1) is 14.9. The minimum absolute atomic E-state index is 0.0674. The van der Waals surface area contributed by atoms with Gasteiger partial charge < -0.3 is 14.8 Å². The number of carbonyl (C=O) groups excluding carboxylic acids is 2. The molecule has 2 aromatic carbocycles. The van der Waals surface area contributed by atoms with Crippen molar-refractivity contribution in [2.45, 2.75) is 26.2 Å². The van der Waals surface area contributed by atoms with Crippen molar-refractivity contribution < 1.29 is 19.1 Å². The summed E-state index contributed by atoms with van der Waals surface area (Å²) in [6.45, 7) is 2.87. The predicted molar refractivity (Wildman–Crippen MR) is 123 cm³/mol. The normalized spacial score (nSPS) is 10.7. The zero-order valence-corrected chi connectivity index (χ0v) is 18.9. The molecular formula is C22H25Cl2N3O4. The maximum Gasteiger partial charge on any atom is 0.251 e. The predicted octanol–water partition coefficient (Wildman–Crippen LogP) is 4.45. The van der Waals surface area contributed by atoms with Gasteiger partial charge in [0.2, 0.25) is 5.91 Å². The van der Waals surface area contributed by atoms with E-state index in [1.807, 2.05) is 6.07 Å². The molecule has 0 aliphatic heterocycles. The standard InChI is InChI=1S/C22H25Cl2N3O4/c1-3-4-11-31-19-8-5-15(12-20(19)30-2)14-26-27-21(28)9-10-25-22(29)16-6-7-17(23)18(24)13-16/h5-8,12-14H,3-4,9-11H2,1-2H3,(H,25,29)(H,27,28). The maximum atomic E-state index is 12.1. The molecule has 31 heavy (non-hydrogen) atoms. The van der Waals surface area contributed by atoms with Gasteiger partial charge in [-0.3, -0.25) is 9.59 Å². The Hall–Kier alpha value is -2.77. The van der Waals surface area contributed by atoms with Crippen LogP contribution in [-0.4, -0.2) is 38.3 Å². The van der Waals surface area contributed by atoms with Gasteiger partial charge in [0, 0.05) is 18.5 Å². The highest BCUT2D eigenvalue weighted by molar-refractivity contribution is 6.42. The van der Waals surface area contributed by atoms with Crippen molar-refractivity contribution in [3.63, 3.8) is 0 Å². The molecule has 0 heterocycles. The number of amides is 2. The third-order valence-corrected chi connectivity index (χ3v) is 4.90. The lowest BCUT2D eigenvalue weighted by Gasteiger charge is -2.10. The van der Waals surface area contributed by atoms with Crippen LogP contribution in [0.1, 0.15) is 42.1 Å². The number of halogens is 2. The van der Waals surface area contributed by atoms with Gasteiger partial charge in [-0.2, -0.15) is 5.10 Å². The van der Waals surface area contributed by atoms with E-state index < -0.39 is 0 Å². The van der Waals surface area contributed by atoms with Crippen LogP contribution < -0.4 is 20.2 Å². The second-order valence-corrected chi connectivity index (χ2v) is 7.35. The van der Waals surface area contributed by atoms with Crippen LogP contribution in [0, 0.1) is 0 Å². The van der Waals surface area contributed by atoms with E-state index in [0.717, 1.165) is 18.4 Å². The van der Waals surface area contributed by atoms with Crippen molar-refractivity contribution in [3.05, 3.63) is 57.6 Å². The largest absolute Gasteiger partial charge is 0.493 e. The first-order valence-corrected chi connectivity index (χ1v) is 10.6. The highest BCUT2D eigenvalue weighted by Gasteiger charge is 2.09. The molecule has 0 aliphatic carbocycles. The van der Waals surface area contributed by atoms with Gasteiger partial charge in [-0.25, -0.2) is 5.43 Å². The molecule has 9 heteroatoms. The molecule has 0 fully saturated rings. The van der Waals surface area contributed by atoms with Crippen LogP contribution in [0.4, 0.5) is 0 Å². The Morgan fingerprint density at radius 1 is 1.10 bits per heavy atom. The van der Waals surface area contributed by atoms with E-state index in [1.165, 1.54) is 12.3 Å². The number of hydrazone groups is 1. The summed E-state index contributed by atoms with van der Waals surface area (Å²) in [4.78, 5) is 24.0. The third-order valence-electron chi connectivity index (χ3n) is 4.17. The summed E-state index contributed by atoms with van der Waals surface area (Å²) in [7, 11) is 1.57. The summed E-state index contributed by atoms with van der Waals surface area (Å²) < 4.78 is 11.0. The molecule has 0 bridgehead atoms. The van der Waals surface area contributed by atoms with Crippen molar-refractivity contribution in [3.8, 4) is 11.5 Å². The summed E-state index contributed by atoms with van der Waals surface area (Å²) in [5.74, 6) is 0.576. The lowest BCUT2D eigenvalue weighted by atomic mass is 10.2. The van der Waals surface area contributed by atoms with E-state index in [0.29, 0.717) is 33.7 Å². The highest BCUT2D eigenvalue weighted by Crippen LogP contribution is 2.27. The van der Waals surface area contributed by atoms with E-state index in [1.54, 1.807) is 31.4 Å². The fourth-order valence-corrected chi connectivity index (χ4v) is 2.77. The first-order valence-electron chi connectivity index (χ1n) is 9.80. The van der Waals surface area contributed by atoms with E-state index in [2.05, 4.69) is 22.8 Å². The molecule has 2 rings (SSSR count). The van der Waals surface area contributed by atoms with E-state index >= 15 is 0 Å². The molecule has 2 aromatic rings. The average Bonchev–Trinajstić information content (AvgIpc) is 2.76. The number of ether oxygens (including phenoxy) is 2. The fraction of sp³-hybridized carbons (Fsp3) is 0.318. The first kappa shape index (κ1) is 24.5. The summed E-state index contributed by atoms with van der Waals surface area (Å²) >= 11 is 11.7. The Labute approximate surface area is 191 Å². The smallest absolute Gasteiger partial charge is 0.251 e. The summed E-state index contributed by atoms with van der Waals surface area (Å²) in [5.41, 5.74) is 3.53. The Balaban J connectivity index is 1.78. The van der Waals surface area contributed by atoms with Crippen molar-refractivity contribution in [1.82, 2.24) is 10.7 Å². The van der Waals surface area contributed by atoms with Gasteiger partial charge in [0.15, 0.2) is 11.5 Å². The summed E-state index contributed by atoms with van der Waals surface area (Å²) in [6.07, 6.45) is 3.58. The van der Waals surface area contributed by atoms with Crippen molar-refractivity contribution in [2.24, 2.45) is 5.10 Å². The van der Waals surface area contributed by atoms with Gasteiger partial charge in [-0.05, 0) is 48.4 Å². The molecule has 0 atom stereocenters. The molecule has 2 amide bonds. The molecule has 0 spiro atoms. The quantitative estimate of drug-likeness (QED) is 0.291. The van der Waals surface area contributed by atoms with Gasteiger partial charge >= 0.3 is 0 Å². The molecule has 0 aliphatic rings. The van der Waals surface area contributed by atoms with Gasteiger partial charge in [-0.1, -0.05) is 36.5 Å². The Bertz CT molecular complexity index is 935. The van der Waals surface area contributed by atoms with Gasteiger partial charge in [0.05, 0.1) is 30.0 Å². The number of hydrogen-bond donors (Lipinski definition) is 2. The number of unbranched alkanes of at least 4 members (excludes halogenated alkanes) is 1. The molecule has 7 nitrogen and oxygen atoms in total. The van der Waals surface area contributed by atoms with Crippen LogP contribution in [0.3, 0.4) is 0 Å². The second-order valence-electron chi connectivity index (χ2n) is 6.54. The monoisotopic (exact) mass is 465 g/mol. The lowest BCUT2D eigenvalue weighted by Crippen LogP contribution is -2.29. The average molecular weight is 466 g/mol. The zero-order chi connectivity index (χ0) is 22.6. The number of hydrogen-bond acceptors (Lipinski definition) is 5. The van der Waals surface area contributed by atoms with Crippen molar-refractivity contribution in [1.29, 1.82) is 0 Å². The van der Waals surface area contributed by atoms with E-state index in [9.17, 15) is 9.59 Å². The molecule has 0 saturated carbocycles. The number of benzene rings is 2. The molecule has 0 unspecified atom stereocenters. The Morgan fingerprint density at radius 3 is 2.61 bits per heavy atom.